The third-order valence-corrected chi connectivity index (χ3v) is 2.77. The van der Waals surface area contributed by atoms with E-state index in [0.29, 0.717) is 13.1 Å². The zero-order chi connectivity index (χ0) is 14.3. The fourth-order valence-electron chi connectivity index (χ4n) is 1.85. The van der Waals surface area contributed by atoms with Crippen molar-refractivity contribution in [1.82, 2.24) is 20.2 Å². The Bertz CT molecular complexity index is 393. The predicted molar refractivity (Wildman–Crippen MR) is 75.8 cm³/mol. The molecule has 6 nitrogen and oxygen atoms in total. The summed E-state index contributed by atoms with van der Waals surface area (Å²) in [4.78, 5) is 22.1. The monoisotopic (exact) mass is 265 g/mol. The van der Waals surface area contributed by atoms with Gasteiger partial charge in [-0.2, -0.15) is 0 Å². The normalized spacial score (nSPS) is 12.3. The molecule has 2 N–H and O–H groups in total. The summed E-state index contributed by atoms with van der Waals surface area (Å²) in [5, 5.41) is 5.76. The standard InChI is InChI=1S/C13H23N5O/c1-5-15-12-7-16-11(6-17-12)9-18(4)8-10(2)13(19)14-3/h6-7,10H,5,8-9H2,1-4H3,(H,14,19)(H,15,17). The molecule has 0 aromatic carbocycles. The molecule has 0 bridgehead atoms. The van der Waals surface area contributed by atoms with E-state index in [4.69, 9.17) is 0 Å². The van der Waals surface area contributed by atoms with Crippen molar-refractivity contribution in [2.24, 2.45) is 5.92 Å². The molecule has 1 aromatic heterocycles. The van der Waals surface area contributed by atoms with Gasteiger partial charge in [-0.05, 0) is 14.0 Å². The number of hydrogen-bond donors (Lipinski definition) is 2. The summed E-state index contributed by atoms with van der Waals surface area (Å²) in [7, 11) is 3.63. The molecule has 0 aliphatic carbocycles. The van der Waals surface area contributed by atoms with Crippen molar-refractivity contribution >= 4 is 11.7 Å². The fraction of sp³-hybridized carbons (Fsp3) is 0.615. The highest BCUT2D eigenvalue weighted by Gasteiger charge is 2.13. The molecule has 1 aromatic rings. The molecule has 0 aliphatic rings. The van der Waals surface area contributed by atoms with Gasteiger partial charge >= 0.3 is 0 Å². The summed E-state index contributed by atoms with van der Waals surface area (Å²) < 4.78 is 0. The highest BCUT2D eigenvalue weighted by molar-refractivity contribution is 5.78. The van der Waals surface area contributed by atoms with Gasteiger partial charge in [0.15, 0.2) is 0 Å². The second kappa shape index (κ2) is 7.68. The number of carbonyl (C=O) groups excluding carboxylic acids is 1. The van der Waals surface area contributed by atoms with Crippen molar-refractivity contribution in [2.75, 3.05) is 32.5 Å². The quantitative estimate of drug-likeness (QED) is 0.760. The number of carbonyl (C=O) groups is 1. The van der Waals surface area contributed by atoms with Gasteiger partial charge in [-0.15, -0.1) is 0 Å². The number of aromatic nitrogens is 2. The first-order valence-corrected chi connectivity index (χ1v) is 6.51. The van der Waals surface area contributed by atoms with E-state index >= 15 is 0 Å². The van der Waals surface area contributed by atoms with Crippen LogP contribution in [0.15, 0.2) is 12.4 Å². The van der Waals surface area contributed by atoms with Crippen molar-refractivity contribution in [3.05, 3.63) is 18.1 Å². The molecule has 1 amide bonds. The van der Waals surface area contributed by atoms with Crippen molar-refractivity contribution in [1.29, 1.82) is 0 Å². The van der Waals surface area contributed by atoms with E-state index in [1.807, 2.05) is 20.9 Å². The van der Waals surface area contributed by atoms with Crippen LogP contribution in [0.1, 0.15) is 19.5 Å². The summed E-state index contributed by atoms with van der Waals surface area (Å²) >= 11 is 0. The molecule has 0 aliphatic heterocycles. The van der Waals surface area contributed by atoms with E-state index < -0.39 is 0 Å². The smallest absolute Gasteiger partial charge is 0.223 e. The van der Waals surface area contributed by atoms with E-state index in [9.17, 15) is 4.79 Å². The van der Waals surface area contributed by atoms with Crippen molar-refractivity contribution in [3.63, 3.8) is 0 Å². The zero-order valence-electron chi connectivity index (χ0n) is 12.1. The van der Waals surface area contributed by atoms with Gasteiger partial charge in [0.25, 0.3) is 0 Å². The average molecular weight is 265 g/mol. The average Bonchev–Trinajstić information content (AvgIpc) is 2.40. The Kier molecular flexibility index (Phi) is 6.21. The molecule has 0 saturated carbocycles. The highest BCUT2D eigenvalue weighted by atomic mass is 16.1. The highest BCUT2D eigenvalue weighted by Crippen LogP contribution is 2.05. The van der Waals surface area contributed by atoms with Gasteiger partial charge in [-0.1, -0.05) is 6.92 Å². The number of rotatable bonds is 7. The maximum atomic E-state index is 11.4. The van der Waals surface area contributed by atoms with Gasteiger partial charge in [0.2, 0.25) is 5.91 Å². The molecular weight excluding hydrogens is 242 g/mol. The van der Waals surface area contributed by atoms with Crippen molar-refractivity contribution in [2.45, 2.75) is 20.4 Å². The van der Waals surface area contributed by atoms with Crippen LogP contribution in [0.25, 0.3) is 0 Å². The molecule has 0 fully saturated rings. The van der Waals surface area contributed by atoms with Crippen LogP contribution in [0.4, 0.5) is 5.82 Å². The zero-order valence-corrected chi connectivity index (χ0v) is 12.1. The van der Waals surface area contributed by atoms with Crippen LogP contribution in [0.3, 0.4) is 0 Å². The Balaban J connectivity index is 2.47. The van der Waals surface area contributed by atoms with Crippen LogP contribution in [-0.2, 0) is 11.3 Å². The Morgan fingerprint density at radius 1 is 1.42 bits per heavy atom. The Morgan fingerprint density at radius 3 is 2.68 bits per heavy atom. The third-order valence-electron chi connectivity index (χ3n) is 2.77. The fourth-order valence-corrected chi connectivity index (χ4v) is 1.85. The van der Waals surface area contributed by atoms with Gasteiger partial charge in [0, 0.05) is 32.6 Å². The second-order valence-corrected chi connectivity index (χ2v) is 4.64. The van der Waals surface area contributed by atoms with Gasteiger partial charge in [0.05, 0.1) is 18.1 Å². The molecule has 0 spiro atoms. The van der Waals surface area contributed by atoms with Crippen LogP contribution in [0.5, 0.6) is 0 Å². The minimum Gasteiger partial charge on any atom is -0.369 e. The van der Waals surface area contributed by atoms with Gasteiger partial charge < -0.3 is 10.6 Å². The number of nitrogens with zero attached hydrogens (tertiary/aromatic N) is 3. The first kappa shape index (κ1) is 15.4. The van der Waals surface area contributed by atoms with Crippen molar-refractivity contribution < 1.29 is 4.79 Å². The SMILES string of the molecule is CCNc1cnc(CN(C)CC(C)C(=O)NC)cn1. The van der Waals surface area contributed by atoms with Crippen LogP contribution in [0.2, 0.25) is 0 Å². The van der Waals surface area contributed by atoms with Gasteiger partial charge in [-0.25, -0.2) is 4.98 Å². The number of amides is 1. The second-order valence-electron chi connectivity index (χ2n) is 4.64. The minimum absolute atomic E-state index is 0.0380. The Morgan fingerprint density at radius 2 is 2.16 bits per heavy atom. The summed E-state index contributed by atoms with van der Waals surface area (Å²) in [6.45, 7) is 6.13. The van der Waals surface area contributed by atoms with Crippen LogP contribution >= 0.6 is 0 Å². The molecule has 1 atom stereocenters. The molecule has 106 valence electrons. The molecule has 0 radical (unpaired) electrons. The molecule has 1 heterocycles. The van der Waals surface area contributed by atoms with Gasteiger partial charge in [-0.3, -0.25) is 14.7 Å². The molecule has 1 rings (SSSR count). The van der Waals surface area contributed by atoms with Crippen LogP contribution < -0.4 is 10.6 Å². The summed E-state index contributed by atoms with van der Waals surface area (Å²) in [5.41, 5.74) is 0.897. The van der Waals surface area contributed by atoms with E-state index in [2.05, 4.69) is 25.5 Å². The number of nitrogens with one attached hydrogen (secondary N) is 2. The summed E-state index contributed by atoms with van der Waals surface area (Å²) in [6, 6.07) is 0. The van der Waals surface area contributed by atoms with E-state index in [1.54, 1.807) is 19.4 Å². The topological polar surface area (TPSA) is 70.2 Å². The lowest BCUT2D eigenvalue weighted by atomic mass is 10.1. The van der Waals surface area contributed by atoms with Crippen LogP contribution in [0, 0.1) is 5.92 Å². The number of hydrogen-bond acceptors (Lipinski definition) is 5. The molecule has 6 heteroatoms. The number of anilines is 1. The lowest BCUT2D eigenvalue weighted by Crippen LogP contribution is -2.34. The third kappa shape index (κ3) is 5.21. The minimum atomic E-state index is -0.0380. The maximum absolute atomic E-state index is 11.4. The van der Waals surface area contributed by atoms with Crippen molar-refractivity contribution in [3.8, 4) is 0 Å². The first-order valence-electron chi connectivity index (χ1n) is 6.51. The molecule has 19 heavy (non-hydrogen) atoms. The van der Waals surface area contributed by atoms with Gasteiger partial charge in [0.1, 0.15) is 5.82 Å². The Hall–Kier alpha value is -1.69. The van der Waals surface area contributed by atoms with E-state index in [1.165, 1.54) is 0 Å². The lowest BCUT2D eigenvalue weighted by molar-refractivity contribution is -0.124. The Labute approximate surface area is 114 Å². The lowest BCUT2D eigenvalue weighted by Gasteiger charge is -2.19. The first-order chi connectivity index (χ1) is 9.06. The summed E-state index contributed by atoms with van der Waals surface area (Å²) in [6.07, 6.45) is 3.49. The van der Waals surface area contributed by atoms with E-state index in [0.717, 1.165) is 18.1 Å². The molecular formula is C13H23N5O. The predicted octanol–water partition coefficient (Wildman–Crippen LogP) is 0.722. The molecule has 1 unspecified atom stereocenters. The largest absolute Gasteiger partial charge is 0.369 e. The summed E-state index contributed by atoms with van der Waals surface area (Å²) in [5.74, 6) is 0.803. The van der Waals surface area contributed by atoms with E-state index in [-0.39, 0.29) is 11.8 Å². The maximum Gasteiger partial charge on any atom is 0.223 e. The van der Waals surface area contributed by atoms with Crippen LogP contribution in [-0.4, -0.2) is 48.0 Å². The molecule has 0 saturated heterocycles.